The fraction of sp³-hybridized carbons (Fsp3) is 0.714. The lowest BCUT2D eigenvalue weighted by molar-refractivity contribution is -0.167. The van der Waals surface area contributed by atoms with Gasteiger partial charge in [0.1, 0.15) is 12.7 Å². The van der Waals surface area contributed by atoms with Gasteiger partial charge in [0.05, 0.1) is 31.5 Å². The minimum atomic E-state index is -1.21. The highest BCUT2D eigenvalue weighted by Gasteiger charge is 2.50. The molecule has 0 aromatic heterocycles. The molecular formula is C14H20O8. The monoisotopic (exact) mass is 316 g/mol. The molecule has 1 aliphatic heterocycles. The summed E-state index contributed by atoms with van der Waals surface area (Å²) in [4.78, 5) is 23.8. The van der Waals surface area contributed by atoms with Crippen LogP contribution < -0.4 is 0 Å². The van der Waals surface area contributed by atoms with Gasteiger partial charge in [-0.3, -0.25) is 4.79 Å². The van der Waals surface area contributed by atoms with E-state index in [0.29, 0.717) is 18.4 Å². The van der Waals surface area contributed by atoms with Gasteiger partial charge in [-0.05, 0) is 12.8 Å². The number of esters is 2. The van der Waals surface area contributed by atoms with Crippen LogP contribution in [0.1, 0.15) is 12.8 Å². The number of fused-ring (bicyclic) bond motifs is 1. The van der Waals surface area contributed by atoms with E-state index >= 15 is 0 Å². The van der Waals surface area contributed by atoms with Crippen LogP contribution in [0.2, 0.25) is 0 Å². The largest absolute Gasteiger partial charge is 0.472 e. The van der Waals surface area contributed by atoms with Crippen molar-refractivity contribution in [2.45, 2.75) is 25.2 Å². The lowest BCUT2D eigenvalue weighted by Crippen LogP contribution is -2.39. The number of hydrogen-bond donors (Lipinski definition) is 3. The Morgan fingerprint density at radius 3 is 2.82 bits per heavy atom. The number of hydrogen-bond acceptors (Lipinski definition) is 8. The van der Waals surface area contributed by atoms with Crippen molar-refractivity contribution < 1.29 is 39.1 Å². The molecule has 3 N–H and O–H groups in total. The molecule has 0 amide bonds. The van der Waals surface area contributed by atoms with E-state index in [1.807, 2.05) is 0 Å². The van der Waals surface area contributed by atoms with Crippen molar-refractivity contribution in [1.82, 2.24) is 0 Å². The smallest absolute Gasteiger partial charge is 0.337 e. The molecule has 0 bridgehead atoms. The zero-order valence-electron chi connectivity index (χ0n) is 12.2. The van der Waals surface area contributed by atoms with Crippen LogP contribution in [0.25, 0.3) is 0 Å². The summed E-state index contributed by atoms with van der Waals surface area (Å²) >= 11 is 0. The van der Waals surface area contributed by atoms with Gasteiger partial charge in [0, 0.05) is 11.8 Å². The van der Waals surface area contributed by atoms with Gasteiger partial charge < -0.3 is 29.5 Å². The molecule has 0 spiro atoms. The first-order valence-corrected chi connectivity index (χ1v) is 7.07. The maximum absolute atomic E-state index is 12.1. The van der Waals surface area contributed by atoms with E-state index < -0.39 is 42.8 Å². The van der Waals surface area contributed by atoms with Crippen molar-refractivity contribution in [3.05, 3.63) is 11.8 Å². The number of methoxy groups -OCH3 is 1. The Labute approximate surface area is 127 Å². The van der Waals surface area contributed by atoms with Crippen LogP contribution in [0.4, 0.5) is 0 Å². The molecule has 0 radical (unpaired) electrons. The summed E-state index contributed by atoms with van der Waals surface area (Å²) in [5, 5.41) is 27.9. The molecule has 2 aliphatic rings. The number of aliphatic hydroxyl groups excluding tert-OH is 3. The molecular weight excluding hydrogens is 296 g/mol. The molecule has 0 saturated heterocycles. The van der Waals surface area contributed by atoms with Crippen molar-refractivity contribution in [3.63, 3.8) is 0 Å². The maximum atomic E-state index is 12.1. The molecule has 4 unspecified atom stereocenters. The van der Waals surface area contributed by atoms with E-state index in [0.717, 1.165) is 0 Å². The van der Waals surface area contributed by atoms with Crippen molar-refractivity contribution in [3.8, 4) is 0 Å². The highest BCUT2D eigenvalue weighted by Crippen LogP contribution is 2.46. The van der Waals surface area contributed by atoms with Crippen LogP contribution >= 0.6 is 0 Å². The Morgan fingerprint density at radius 1 is 1.45 bits per heavy atom. The predicted octanol–water partition coefficient (Wildman–Crippen LogP) is -1.07. The Hall–Kier alpha value is -1.64. The zero-order valence-corrected chi connectivity index (χ0v) is 12.2. The summed E-state index contributed by atoms with van der Waals surface area (Å²) < 4.78 is 14.7. The van der Waals surface area contributed by atoms with Crippen molar-refractivity contribution in [2.75, 3.05) is 20.3 Å². The van der Waals surface area contributed by atoms with E-state index in [1.165, 1.54) is 13.4 Å². The molecule has 1 aliphatic carbocycles. The Balaban J connectivity index is 2.06. The average Bonchev–Trinajstić information content (AvgIpc) is 2.97. The standard InChI is InChI=1S/C14H20O8/c1-20-12(17)10-6-22-14(19)11-8(10)2-3-9(11)13(18)21-5-7(16)4-15/h6-9,11,14-16,19H,2-5H2,1H3/t7?,8?,9?,11?,14-/m0/s1. The molecule has 0 aromatic carbocycles. The second-order valence-electron chi connectivity index (χ2n) is 5.43. The summed E-state index contributed by atoms with van der Waals surface area (Å²) in [7, 11) is 1.25. The van der Waals surface area contributed by atoms with Crippen LogP contribution in [0.15, 0.2) is 11.8 Å². The zero-order chi connectivity index (χ0) is 16.3. The summed E-state index contributed by atoms with van der Waals surface area (Å²) in [5.41, 5.74) is 0.295. The first kappa shape index (κ1) is 16.7. The van der Waals surface area contributed by atoms with Crippen LogP contribution in [0.3, 0.4) is 0 Å². The Kier molecular flexibility index (Phi) is 5.38. The first-order valence-electron chi connectivity index (χ1n) is 7.07. The third-order valence-electron chi connectivity index (χ3n) is 4.13. The molecule has 1 saturated carbocycles. The van der Waals surface area contributed by atoms with Crippen LogP contribution in [-0.4, -0.2) is 60.0 Å². The van der Waals surface area contributed by atoms with Crippen LogP contribution in [0, 0.1) is 17.8 Å². The fourth-order valence-electron chi connectivity index (χ4n) is 3.04. The molecule has 1 fully saturated rings. The van der Waals surface area contributed by atoms with Gasteiger partial charge in [0.2, 0.25) is 6.29 Å². The normalized spacial score (nSPS) is 31.5. The second kappa shape index (κ2) is 7.08. The summed E-state index contributed by atoms with van der Waals surface area (Å²) in [6.07, 6.45) is -0.215. The van der Waals surface area contributed by atoms with E-state index in [-0.39, 0.29) is 12.5 Å². The van der Waals surface area contributed by atoms with Gasteiger partial charge in [-0.1, -0.05) is 0 Å². The Morgan fingerprint density at radius 2 is 2.18 bits per heavy atom. The van der Waals surface area contributed by atoms with Gasteiger partial charge >= 0.3 is 11.9 Å². The maximum Gasteiger partial charge on any atom is 0.337 e. The van der Waals surface area contributed by atoms with E-state index in [1.54, 1.807) is 0 Å². The molecule has 5 atom stereocenters. The molecule has 8 nitrogen and oxygen atoms in total. The SMILES string of the molecule is COC(=O)C1=CO[C@H](O)C2C(C(=O)OCC(O)CO)CCC12. The van der Waals surface area contributed by atoms with Crippen molar-refractivity contribution >= 4 is 11.9 Å². The van der Waals surface area contributed by atoms with E-state index in [9.17, 15) is 19.8 Å². The highest BCUT2D eigenvalue weighted by atomic mass is 16.6. The average molecular weight is 316 g/mol. The minimum absolute atomic E-state index is 0.295. The third kappa shape index (κ3) is 3.23. The van der Waals surface area contributed by atoms with Crippen molar-refractivity contribution in [2.24, 2.45) is 17.8 Å². The number of carbonyl (C=O) groups excluding carboxylic acids is 2. The summed E-state index contributed by atoms with van der Waals surface area (Å²) in [6.45, 7) is -0.829. The predicted molar refractivity (Wildman–Crippen MR) is 70.9 cm³/mol. The fourth-order valence-corrected chi connectivity index (χ4v) is 3.04. The van der Waals surface area contributed by atoms with Crippen molar-refractivity contribution in [1.29, 1.82) is 0 Å². The quantitative estimate of drug-likeness (QED) is 0.548. The molecule has 124 valence electrons. The molecule has 2 rings (SSSR count). The summed E-state index contributed by atoms with van der Waals surface area (Å²) in [5.74, 6) is -2.71. The van der Waals surface area contributed by atoms with Gasteiger partial charge in [0.15, 0.2) is 0 Å². The molecule has 22 heavy (non-hydrogen) atoms. The summed E-state index contributed by atoms with van der Waals surface area (Å²) in [6, 6.07) is 0. The van der Waals surface area contributed by atoms with Crippen LogP contribution in [-0.2, 0) is 23.8 Å². The third-order valence-corrected chi connectivity index (χ3v) is 4.13. The second-order valence-corrected chi connectivity index (χ2v) is 5.43. The first-order chi connectivity index (χ1) is 10.5. The van der Waals surface area contributed by atoms with Gasteiger partial charge in [-0.25, -0.2) is 4.79 Å². The number of aliphatic hydroxyl groups is 3. The van der Waals surface area contributed by atoms with Crippen LogP contribution in [0.5, 0.6) is 0 Å². The highest BCUT2D eigenvalue weighted by molar-refractivity contribution is 5.89. The molecule has 0 aromatic rings. The minimum Gasteiger partial charge on any atom is -0.472 e. The number of ether oxygens (including phenoxy) is 3. The molecule has 8 heteroatoms. The molecule has 1 heterocycles. The van der Waals surface area contributed by atoms with Gasteiger partial charge in [-0.15, -0.1) is 0 Å². The Bertz CT molecular complexity index is 460. The van der Waals surface area contributed by atoms with E-state index in [2.05, 4.69) is 4.74 Å². The van der Waals surface area contributed by atoms with Gasteiger partial charge in [-0.2, -0.15) is 0 Å². The topological polar surface area (TPSA) is 123 Å². The lowest BCUT2D eigenvalue weighted by Gasteiger charge is -2.32. The van der Waals surface area contributed by atoms with Gasteiger partial charge in [0.25, 0.3) is 0 Å². The number of rotatable bonds is 5. The number of carbonyl (C=O) groups is 2. The van der Waals surface area contributed by atoms with E-state index in [4.69, 9.17) is 14.6 Å². The lowest BCUT2D eigenvalue weighted by atomic mass is 9.83.